The maximum atomic E-state index is 9.15. The van der Waals surface area contributed by atoms with Gasteiger partial charge in [-0.15, -0.1) is 11.3 Å². The normalized spacial score (nSPS) is 22.0. The molecule has 1 aromatic rings. The molecule has 0 amide bonds. The van der Waals surface area contributed by atoms with E-state index in [0.29, 0.717) is 5.92 Å². The molecule has 0 bridgehead atoms. The molecule has 1 saturated heterocycles. The minimum atomic E-state index is 0.581. The zero-order valence-corrected chi connectivity index (χ0v) is 11.5. The summed E-state index contributed by atoms with van der Waals surface area (Å²) in [5.41, 5.74) is 1.08. The average Bonchev–Trinajstić information content (AvgIpc) is 3.14. The van der Waals surface area contributed by atoms with Crippen LogP contribution in [0.5, 0.6) is 0 Å². The van der Waals surface area contributed by atoms with E-state index in [0.717, 1.165) is 48.3 Å². The highest BCUT2D eigenvalue weighted by atomic mass is 32.1. The summed E-state index contributed by atoms with van der Waals surface area (Å²) in [6, 6.07) is 2.31. The Labute approximate surface area is 112 Å². The van der Waals surface area contributed by atoms with Crippen LogP contribution in [0.25, 0.3) is 0 Å². The summed E-state index contributed by atoms with van der Waals surface area (Å²) in [5, 5.41) is 10.3. The Hall–Kier alpha value is -0.960. The topological polar surface area (TPSA) is 43.2 Å². The molecule has 2 aliphatic rings. The van der Waals surface area contributed by atoms with Gasteiger partial charge in [0.25, 0.3) is 0 Å². The van der Waals surface area contributed by atoms with Crippen LogP contribution in [0.2, 0.25) is 0 Å². The zero-order chi connectivity index (χ0) is 12.5. The molecular weight excluding hydrogens is 244 g/mol. The van der Waals surface area contributed by atoms with E-state index in [1.54, 1.807) is 11.3 Å². The highest BCUT2D eigenvalue weighted by Gasteiger charge is 2.30. The molecule has 0 aromatic carbocycles. The predicted molar refractivity (Wildman–Crippen MR) is 71.6 cm³/mol. The highest BCUT2D eigenvalue weighted by Crippen LogP contribution is 2.42. The summed E-state index contributed by atoms with van der Waals surface area (Å²) < 4.78 is 0. The van der Waals surface area contributed by atoms with Crippen molar-refractivity contribution in [1.29, 1.82) is 5.26 Å². The molecule has 4 nitrogen and oxygen atoms in total. The van der Waals surface area contributed by atoms with Gasteiger partial charge in [-0.1, -0.05) is 0 Å². The van der Waals surface area contributed by atoms with Gasteiger partial charge in [0.05, 0.1) is 12.2 Å². The first-order valence-electron chi connectivity index (χ1n) is 6.57. The molecule has 3 rings (SSSR count). The van der Waals surface area contributed by atoms with Crippen molar-refractivity contribution in [2.24, 2.45) is 0 Å². The van der Waals surface area contributed by atoms with Crippen LogP contribution < -0.4 is 0 Å². The third-order valence-electron chi connectivity index (χ3n) is 3.72. The lowest BCUT2D eigenvalue weighted by Crippen LogP contribution is -2.43. The smallest absolute Gasteiger partial charge is 0.128 e. The minimum absolute atomic E-state index is 0.581. The number of likely N-dealkylation sites (N-methyl/N-ethyl adjacent to an activating group) is 1. The van der Waals surface area contributed by atoms with Gasteiger partial charge in [-0.05, 0) is 19.9 Å². The Morgan fingerprint density at radius 1 is 1.33 bits per heavy atom. The summed E-state index contributed by atoms with van der Waals surface area (Å²) in [7, 11) is 2.17. The predicted octanol–water partition coefficient (Wildman–Crippen LogP) is 1.64. The van der Waals surface area contributed by atoms with E-state index in [1.807, 2.05) is 0 Å². The van der Waals surface area contributed by atoms with Gasteiger partial charge in [0.15, 0.2) is 0 Å². The van der Waals surface area contributed by atoms with Crippen LogP contribution in [0.3, 0.4) is 0 Å². The largest absolute Gasteiger partial charge is 0.304 e. The molecule has 18 heavy (non-hydrogen) atoms. The van der Waals surface area contributed by atoms with Gasteiger partial charge in [0, 0.05) is 32.1 Å². The Morgan fingerprint density at radius 2 is 2.06 bits per heavy atom. The highest BCUT2D eigenvalue weighted by molar-refractivity contribution is 7.12. The first-order valence-corrected chi connectivity index (χ1v) is 7.38. The molecule has 0 atom stereocenters. The number of nitriles is 1. The summed E-state index contributed by atoms with van der Waals surface area (Å²) in [6.45, 7) is 5.39. The second kappa shape index (κ2) is 4.96. The maximum absolute atomic E-state index is 9.15. The molecule has 0 N–H and O–H groups in total. The Morgan fingerprint density at radius 3 is 2.67 bits per heavy atom. The van der Waals surface area contributed by atoms with Crippen molar-refractivity contribution in [1.82, 2.24) is 14.8 Å². The van der Waals surface area contributed by atoms with Crippen LogP contribution in [-0.2, 0) is 6.54 Å². The second-order valence-electron chi connectivity index (χ2n) is 5.29. The number of nitrogens with zero attached hydrogens (tertiary/aromatic N) is 4. The molecule has 0 unspecified atom stereocenters. The molecule has 1 saturated carbocycles. The first-order chi connectivity index (χ1) is 8.76. The van der Waals surface area contributed by atoms with Crippen molar-refractivity contribution in [3.8, 4) is 6.07 Å². The van der Waals surface area contributed by atoms with E-state index < -0.39 is 0 Å². The number of thiazole rings is 1. The molecule has 0 spiro atoms. The van der Waals surface area contributed by atoms with E-state index in [1.165, 1.54) is 12.8 Å². The Kier molecular flexibility index (Phi) is 3.33. The van der Waals surface area contributed by atoms with Crippen LogP contribution in [0.15, 0.2) is 0 Å². The average molecular weight is 262 g/mol. The van der Waals surface area contributed by atoms with E-state index in [-0.39, 0.29) is 0 Å². The van der Waals surface area contributed by atoms with Crippen molar-refractivity contribution in [2.45, 2.75) is 25.3 Å². The number of hydrogen-bond donors (Lipinski definition) is 0. The molecule has 1 aliphatic carbocycles. The van der Waals surface area contributed by atoms with E-state index in [4.69, 9.17) is 10.2 Å². The standard InChI is InChI=1S/C13H18N4S/c1-16-4-6-17(7-5-16)9-12-15-13(10-2-3-10)11(8-14)18-12/h10H,2-7,9H2,1H3. The van der Waals surface area contributed by atoms with Crippen molar-refractivity contribution < 1.29 is 0 Å². The molecule has 0 radical (unpaired) electrons. The SMILES string of the molecule is CN1CCN(Cc2nc(C3CC3)c(C#N)s2)CC1. The van der Waals surface area contributed by atoms with Gasteiger partial charge < -0.3 is 4.90 Å². The molecule has 1 aromatic heterocycles. The molecule has 5 heteroatoms. The van der Waals surface area contributed by atoms with Crippen LogP contribution in [-0.4, -0.2) is 48.0 Å². The third kappa shape index (κ3) is 2.56. The number of hydrogen-bond acceptors (Lipinski definition) is 5. The lowest BCUT2D eigenvalue weighted by atomic mass is 10.2. The van der Waals surface area contributed by atoms with Crippen molar-refractivity contribution in [3.63, 3.8) is 0 Å². The van der Waals surface area contributed by atoms with E-state index in [9.17, 15) is 0 Å². The van der Waals surface area contributed by atoms with Crippen LogP contribution in [0, 0.1) is 11.3 Å². The van der Waals surface area contributed by atoms with Gasteiger partial charge >= 0.3 is 0 Å². The molecule has 1 aliphatic heterocycles. The van der Waals surface area contributed by atoms with Gasteiger partial charge in [0.2, 0.25) is 0 Å². The third-order valence-corrected chi connectivity index (χ3v) is 4.68. The van der Waals surface area contributed by atoms with Gasteiger partial charge in [-0.2, -0.15) is 5.26 Å². The quantitative estimate of drug-likeness (QED) is 0.830. The number of rotatable bonds is 3. The fraction of sp³-hybridized carbons (Fsp3) is 0.692. The van der Waals surface area contributed by atoms with Crippen molar-refractivity contribution >= 4 is 11.3 Å². The fourth-order valence-corrected chi connectivity index (χ4v) is 3.35. The lowest BCUT2D eigenvalue weighted by Gasteiger charge is -2.31. The summed E-state index contributed by atoms with van der Waals surface area (Å²) in [5.74, 6) is 0.581. The van der Waals surface area contributed by atoms with Gasteiger partial charge in [-0.25, -0.2) is 4.98 Å². The van der Waals surface area contributed by atoms with Crippen molar-refractivity contribution in [3.05, 3.63) is 15.6 Å². The molecular formula is C13H18N4S. The maximum Gasteiger partial charge on any atom is 0.128 e. The van der Waals surface area contributed by atoms with Crippen molar-refractivity contribution in [2.75, 3.05) is 33.2 Å². The zero-order valence-electron chi connectivity index (χ0n) is 10.7. The van der Waals surface area contributed by atoms with E-state index >= 15 is 0 Å². The monoisotopic (exact) mass is 262 g/mol. The molecule has 2 heterocycles. The van der Waals surface area contributed by atoms with E-state index in [2.05, 4.69) is 22.9 Å². The minimum Gasteiger partial charge on any atom is -0.304 e. The first kappa shape index (κ1) is 12.1. The van der Waals surface area contributed by atoms with Gasteiger partial charge in [-0.3, -0.25) is 4.90 Å². The Bertz CT molecular complexity index is 464. The molecule has 2 fully saturated rings. The number of aromatic nitrogens is 1. The summed E-state index contributed by atoms with van der Waals surface area (Å²) >= 11 is 1.59. The van der Waals surface area contributed by atoms with Crippen LogP contribution >= 0.6 is 11.3 Å². The van der Waals surface area contributed by atoms with Crippen LogP contribution in [0.1, 0.15) is 34.3 Å². The summed E-state index contributed by atoms with van der Waals surface area (Å²) in [4.78, 5) is 10.3. The van der Waals surface area contributed by atoms with Gasteiger partial charge in [0.1, 0.15) is 16.0 Å². The second-order valence-corrected chi connectivity index (χ2v) is 6.37. The fourth-order valence-electron chi connectivity index (χ4n) is 2.36. The van der Waals surface area contributed by atoms with Crippen LogP contribution in [0.4, 0.5) is 0 Å². The number of piperazine rings is 1. The lowest BCUT2D eigenvalue weighted by molar-refractivity contribution is 0.148. The molecule has 96 valence electrons. The summed E-state index contributed by atoms with van der Waals surface area (Å²) in [6.07, 6.45) is 2.43. The Balaban J connectivity index is 1.67.